The molecule has 204 valence electrons. The van der Waals surface area contributed by atoms with E-state index in [1.807, 2.05) is 30.3 Å². The molecule has 2 unspecified atom stereocenters. The van der Waals surface area contributed by atoms with E-state index in [0.29, 0.717) is 5.56 Å². The van der Waals surface area contributed by atoms with Crippen molar-refractivity contribution in [3.63, 3.8) is 0 Å². The number of methoxy groups -OCH3 is 1. The van der Waals surface area contributed by atoms with E-state index in [4.69, 9.17) is 21.1 Å². The first-order chi connectivity index (χ1) is 17.9. The zero-order valence-electron chi connectivity index (χ0n) is 21.7. The van der Waals surface area contributed by atoms with Crippen LogP contribution in [0.15, 0.2) is 59.5 Å². The maximum atomic E-state index is 15.2. The second-order valence-electron chi connectivity index (χ2n) is 9.06. The number of benzene rings is 3. The second kappa shape index (κ2) is 12.3. The molecule has 3 aromatic rings. The highest BCUT2D eigenvalue weighted by Crippen LogP contribution is 2.33. The van der Waals surface area contributed by atoms with E-state index in [1.54, 1.807) is 26.8 Å². The average Bonchev–Trinajstić information content (AvgIpc) is 2.87. The Bertz CT molecular complexity index is 1420. The molecule has 0 aliphatic rings. The number of rotatable bonds is 10. The molecule has 0 aliphatic heterocycles. The highest BCUT2D eigenvalue weighted by Gasteiger charge is 2.37. The number of carbonyl (C=O) groups excluding carboxylic acids is 1. The van der Waals surface area contributed by atoms with Crippen molar-refractivity contribution in [2.24, 2.45) is 0 Å². The van der Waals surface area contributed by atoms with Crippen LogP contribution in [0.25, 0.3) is 0 Å². The fraction of sp³-hybridized carbons (Fsp3) is 0.321. The summed E-state index contributed by atoms with van der Waals surface area (Å²) in [4.78, 5) is 12.0. The third kappa shape index (κ3) is 6.58. The summed E-state index contributed by atoms with van der Waals surface area (Å²) in [5, 5.41) is -0.0260. The van der Waals surface area contributed by atoms with Crippen molar-refractivity contribution < 1.29 is 31.5 Å². The minimum absolute atomic E-state index is 0.0260. The Morgan fingerprint density at radius 3 is 2.32 bits per heavy atom. The van der Waals surface area contributed by atoms with Gasteiger partial charge >= 0.3 is 5.97 Å². The lowest BCUT2D eigenvalue weighted by Crippen LogP contribution is -2.45. The first-order valence-electron chi connectivity index (χ1n) is 11.9. The van der Waals surface area contributed by atoms with Gasteiger partial charge in [-0.2, -0.15) is 4.72 Å². The molecule has 6 nitrogen and oxygen atoms in total. The summed E-state index contributed by atoms with van der Waals surface area (Å²) in [6.07, 6.45) is -0.888. The Labute approximate surface area is 227 Å². The first kappa shape index (κ1) is 29.7. The molecule has 3 aromatic carbocycles. The highest BCUT2D eigenvalue weighted by atomic mass is 35.5. The fourth-order valence-corrected chi connectivity index (χ4v) is 6.11. The predicted molar refractivity (Wildman–Crippen MR) is 141 cm³/mol. The normalized spacial score (nSPS) is 14.1. The molecule has 0 aromatic heterocycles. The molecule has 0 radical (unpaired) electrons. The van der Waals surface area contributed by atoms with Gasteiger partial charge in [0, 0.05) is 16.5 Å². The van der Waals surface area contributed by atoms with Gasteiger partial charge < -0.3 is 9.47 Å². The van der Waals surface area contributed by atoms with Gasteiger partial charge in [0.05, 0.1) is 19.8 Å². The van der Waals surface area contributed by atoms with E-state index in [9.17, 15) is 17.6 Å². The maximum absolute atomic E-state index is 15.2. The molecule has 3 rings (SSSR count). The molecule has 0 aliphatic carbocycles. The Morgan fingerprint density at radius 2 is 1.68 bits per heavy atom. The molecule has 0 saturated carbocycles. The van der Waals surface area contributed by atoms with Crippen LogP contribution >= 0.6 is 11.6 Å². The first-order valence-corrected chi connectivity index (χ1v) is 13.7. The molecule has 0 bridgehead atoms. The van der Waals surface area contributed by atoms with E-state index >= 15 is 4.39 Å². The lowest BCUT2D eigenvalue weighted by molar-refractivity contribution is -0.143. The van der Waals surface area contributed by atoms with Crippen molar-refractivity contribution in [1.29, 1.82) is 0 Å². The van der Waals surface area contributed by atoms with E-state index in [-0.39, 0.29) is 22.8 Å². The molecule has 38 heavy (non-hydrogen) atoms. The molecule has 0 heterocycles. The van der Waals surface area contributed by atoms with Gasteiger partial charge in [-0.3, -0.25) is 4.79 Å². The Balaban J connectivity index is 2.02. The largest absolute Gasteiger partial charge is 0.468 e. The van der Waals surface area contributed by atoms with E-state index in [0.717, 1.165) is 24.3 Å². The van der Waals surface area contributed by atoms with Crippen LogP contribution in [-0.2, 0) is 30.9 Å². The summed E-state index contributed by atoms with van der Waals surface area (Å²) in [5.74, 6) is -3.66. The van der Waals surface area contributed by atoms with Crippen molar-refractivity contribution >= 4 is 27.6 Å². The van der Waals surface area contributed by atoms with Crippen LogP contribution in [0.2, 0.25) is 5.02 Å². The smallest absolute Gasteiger partial charge is 0.324 e. The summed E-state index contributed by atoms with van der Waals surface area (Å²) in [6, 6.07) is 12.6. The molecule has 10 heteroatoms. The second-order valence-corrected chi connectivity index (χ2v) is 11.1. The number of carbonyl (C=O) groups is 1. The van der Waals surface area contributed by atoms with E-state index < -0.39 is 50.6 Å². The van der Waals surface area contributed by atoms with Crippen molar-refractivity contribution in [3.8, 4) is 0 Å². The number of halogens is 3. The van der Waals surface area contributed by atoms with Crippen LogP contribution < -0.4 is 4.72 Å². The molecule has 0 saturated heterocycles. The van der Waals surface area contributed by atoms with Crippen LogP contribution in [0.5, 0.6) is 0 Å². The molecule has 1 N–H and O–H groups in total. The Morgan fingerprint density at radius 1 is 1.03 bits per heavy atom. The fourth-order valence-electron chi connectivity index (χ4n) is 4.29. The molecule has 3 atom stereocenters. The summed E-state index contributed by atoms with van der Waals surface area (Å²) >= 11 is 6.07. The van der Waals surface area contributed by atoms with Gasteiger partial charge in [0.1, 0.15) is 22.6 Å². The number of hydrogen-bond donors (Lipinski definition) is 1. The van der Waals surface area contributed by atoms with Crippen LogP contribution in [-0.4, -0.2) is 27.5 Å². The van der Waals surface area contributed by atoms with Crippen molar-refractivity contribution in [3.05, 3.63) is 99.1 Å². The van der Waals surface area contributed by atoms with Gasteiger partial charge in [0.2, 0.25) is 10.0 Å². The molecule has 0 spiro atoms. The summed E-state index contributed by atoms with van der Waals surface area (Å²) in [6.45, 7) is 6.65. The van der Waals surface area contributed by atoms with E-state index in [1.165, 1.54) is 19.1 Å². The zero-order chi connectivity index (χ0) is 28.2. The van der Waals surface area contributed by atoms with Gasteiger partial charge in [-0.25, -0.2) is 17.2 Å². The Kier molecular flexibility index (Phi) is 9.64. The number of esters is 1. The number of ether oxygens (including phenoxy) is 2. The number of aryl methyl sites for hydroxylation is 1. The van der Waals surface area contributed by atoms with Crippen LogP contribution in [0.3, 0.4) is 0 Å². The van der Waals surface area contributed by atoms with E-state index in [2.05, 4.69) is 4.72 Å². The number of nitrogens with one attached hydrogen (secondary N) is 1. The molecular weight excluding hydrogens is 536 g/mol. The zero-order valence-corrected chi connectivity index (χ0v) is 23.3. The van der Waals surface area contributed by atoms with Crippen molar-refractivity contribution in [2.75, 3.05) is 7.11 Å². The minimum Gasteiger partial charge on any atom is -0.468 e. The summed E-state index contributed by atoms with van der Waals surface area (Å²) in [5.41, 5.74) is 2.27. The highest BCUT2D eigenvalue weighted by molar-refractivity contribution is 7.89. The molecule has 0 fully saturated rings. The molecular formula is C28H30ClF2NO5S. The Hall–Kier alpha value is -2.85. The van der Waals surface area contributed by atoms with Gasteiger partial charge in [-0.05, 0) is 61.2 Å². The number of sulfonamides is 1. The lowest BCUT2D eigenvalue weighted by atomic mass is 9.88. The van der Waals surface area contributed by atoms with Crippen molar-refractivity contribution in [1.82, 2.24) is 4.72 Å². The minimum atomic E-state index is -4.70. The topological polar surface area (TPSA) is 81.7 Å². The van der Waals surface area contributed by atoms with Gasteiger partial charge in [0.15, 0.2) is 0 Å². The third-order valence-corrected chi connectivity index (χ3v) is 8.26. The monoisotopic (exact) mass is 565 g/mol. The average molecular weight is 566 g/mol. The quantitative estimate of drug-likeness (QED) is 0.299. The van der Waals surface area contributed by atoms with Crippen LogP contribution in [0.4, 0.5) is 8.78 Å². The SMILES string of the molecule is COC(=O)[C@@H](NS(=O)(=O)c1c(F)cc(Cl)cc1C(C)OCc1ccccc1)C(C)c1c(F)ccc(C)c1C. The third-order valence-electron chi connectivity index (χ3n) is 6.51. The standard InChI is InChI=1S/C28H30ClF2NO5S/c1-16-11-12-23(30)25(17(16)2)18(3)26(28(33)36-5)32-38(34,35)27-22(13-21(29)14-24(27)31)19(4)37-15-20-9-7-6-8-10-20/h6-14,18-19,26,32H,15H2,1-5H3/t18?,19?,26-/m0/s1. The van der Waals surface area contributed by atoms with Crippen molar-refractivity contribution in [2.45, 2.75) is 57.3 Å². The lowest BCUT2D eigenvalue weighted by Gasteiger charge is -2.26. The van der Waals surface area contributed by atoms with Gasteiger partial charge in [-0.1, -0.05) is 54.9 Å². The predicted octanol–water partition coefficient (Wildman–Crippen LogP) is 6.14. The van der Waals surface area contributed by atoms with Crippen LogP contribution in [0, 0.1) is 25.5 Å². The van der Waals surface area contributed by atoms with Gasteiger partial charge in [0.25, 0.3) is 0 Å². The summed E-state index contributed by atoms with van der Waals surface area (Å²) in [7, 11) is -3.61. The van der Waals surface area contributed by atoms with Crippen LogP contribution in [0.1, 0.15) is 53.7 Å². The van der Waals surface area contributed by atoms with Gasteiger partial charge in [-0.15, -0.1) is 0 Å². The summed E-state index contributed by atoms with van der Waals surface area (Å²) < 4.78 is 70.2. The maximum Gasteiger partial charge on any atom is 0.324 e. The molecule has 0 amide bonds. The number of hydrogen-bond acceptors (Lipinski definition) is 5.